The van der Waals surface area contributed by atoms with Gasteiger partial charge in [-0.05, 0) is 18.4 Å². The van der Waals surface area contributed by atoms with Gasteiger partial charge in [0.15, 0.2) is 0 Å². The molecule has 0 unspecified atom stereocenters. The summed E-state index contributed by atoms with van der Waals surface area (Å²) in [7, 11) is 0. The Kier molecular flexibility index (Phi) is 4.68. The molecule has 1 aromatic carbocycles. The standard InChI is InChI=1S/C19H19N5O2/c25-17(8-4-7-14-5-2-1-3-6-14)24-12-15(13-24)19-22-18(23-26-19)16-11-20-9-10-21-16/h1-3,5-6,9-11,15H,4,7-8,12-13H2. The van der Waals surface area contributed by atoms with E-state index in [-0.39, 0.29) is 11.8 Å². The number of likely N-dealkylation sites (tertiary alicyclic amines) is 1. The molecule has 4 rings (SSSR count). The summed E-state index contributed by atoms with van der Waals surface area (Å²) in [5, 5.41) is 3.95. The van der Waals surface area contributed by atoms with E-state index in [1.807, 2.05) is 23.1 Å². The monoisotopic (exact) mass is 349 g/mol. The summed E-state index contributed by atoms with van der Waals surface area (Å²) in [5.41, 5.74) is 1.85. The molecule has 0 saturated carbocycles. The van der Waals surface area contributed by atoms with Crippen LogP contribution in [0, 0.1) is 0 Å². The predicted molar refractivity (Wildman–Crippen MR) is 94.0 cm³/mol. The zero-order valence-electron chi connectivity index (χ0n) is 14.3. The molecule has 2 aromatic heterocycles. The maximum Gasteiger partial charge on any atom is 0.233 e. The smallest absolute Gasteiger partial charge is 0.233 e. The molecule has 0 N–H and O–H groups in total. The van der Waals surface area contributed by atoms with Gasteiger partial charge in [-0.15, -0.1) is 0 Å². The van der Waals surface area contributed by atoms with Crippen LogP contribution in [-0.4, -0.2) is 44.0 Å². The lowest BCUT2D eigenvalue weighted by Gasteiger charge is -2.37. The Hall–Kier alpha value is -3.09. The van der Waals surface area contributed by atoms with Gasteiger partial charge in [-0.3, -0.25) is 9.78 Å². The summed E-state index contributed by atoms with van der Waals surface area (Å²) in [6, 6.07) is 10.2. The van der Waals surface area contributed by atoms with Crippen LogP contribution in [0.15, 0.2) is 53.4 Å². The Morgan fingerprint density at radius 2 is 2.04 bits per heavy atom. The minimum atomic E-state index is 0.103. The largest absolute Gasteiger partial charge is 0.341 e. The van der Waals surface area contributed by atoms with Crippen molar-refractivity contribution < 1.29 is 9.32 Å². The van der Waals surface area contributed by atoms with Gasteiger partial charge in [-0.2, -0.15) is 4.98 Å². The van der Waals surface area contributed by atoms with Gasteiger partial charge in [0.1, 0.15) is 5.69 Å². The van der Waals surface area contributed by atoms with Crippen LogP contribution in [0.5, 0.6) is 0 Å². The summed E-state index contributed by atoms with van der Waals surface area (Å²) in [4.78, 5) is 26.6. The van der Waals surface area contributed by atoms with Gasteiger partial charge in [0, 0.05) is 31.9 Å². The topological polar surface area (TPSA) is 85.0 Å². The van der Waals surface area contributed by atoms with Crippen LogP contribution in [0.1, 0.15) is 30.2 Å². The minimum Gasteiger partial charge on any atom is -0.341 e. The Bertz CT molecular complexity index is 860. The first-order valence-electron chi connectivity index (χ1n) is 8.71. The fourth-order valence-corrected chi connectivity index (χ4v) is 3.00. The van der Waals surface area contributed by atoms with Crippen LogP contribution in [0.25, 0.3) is 11.5 Å². The second-order valence-corrected chi connectivity index (χ2v) is 6.38. The number of carbonyl (C=O) groups is 1. The van der Waals surface area contributed by atoms with E-state index in [1.165, 1.54) is 5.56 Å². The molecule has 1 aliphatic rings. The molecule has 1 fully saturated rings. The first-order valence-corrected chi connectivity index (χ1v) is 8.71. The highest BCUT2D eigenvalue weighted by molar-refractivity contribution is 5.77. The first-order chi connectivity index (χ1) is 12.8. The molecule has 0 radical (unpaired) electrons. The van der Waals surface area contributed by atoms with Gasteiger partial charge in [-0.25, -0.2) is 4.98 Å². The molecule has 132 valence electrons. The van der Waals surface area contributed by atoms with E-state index in [9.17, 15) is 4.79 Å². The lowest BCUT2D eigenvalue weighted by molar-refractivity contribution is -0.136. The Morgan fingerprint density at radius 1 is 1.19 bits per heavy atom. The predicted octanol–water partition coefficient (Wildman–Crippen LogP) is 2.48. The molecule has 1 amide bonds. The van der Waals surface area contributed by atoms with E-state index >= 15 is 0 Å². The van der Waals surface area contributed by atoms with Crippen molar-refractivity contribution in [2.75, 3.05) is 13.1 Å². The highest BCUT2D eigenvalue weighted by Gasteiger charge is 2.35. The van der Waals surface area contributed by atoms with Crippen molar-refractivity contribution in [3.05, 3.63) is 60.4 Å². The van der Waals surface area contributed by atoms with Gasteiger partial charge >= 0.3 is 0 Å². The SMILES string of the molecule is O=C(CCCc1ccccc1)N1CC(c2nc(-c3cnccn3)no2)C1. The number of benzene rings is 1. The lowest BCUT2D eigenvalue weighted by Crippen LogP contribution is -2.48. The molecule has 0 aliphatic carbocycles. The average molecular weight is 349 g/mol. The Morgan fingerprint density at radius 3 is 2.81 bits per heavy atom. The number of rotatable bonds is 6. The second-order valence-electron chi connectivity index (χ2n) is 6.38. The highest BCUT2D eigenvalue weighted by Crippen LogP contribution is 2.27. The van der Waals surface area contributed by atoms with Crippen molar-refractivity contribution in [2.45, 2.75) is 25.2 Å². The molecule has 0 atom stereocenters. The first kappa shape index (κ1) is 16.4. The van der Waals surface area contributed by atoms with Crippen LogP contribution in [-0.2, 0) is 11.2 Å². The third kappa shape index (κ3) is 3.61. The van der Waals surface area contributed by atoms with Crippen molar-refractivity contribution in [2.24, 2.45) is 0 Å². The average Bonchev–Trinajstić information content (AvgIpc) is 3.12. The molecule has 26 heavy (non-hydrogen) atoms. The van der Waals surface area contributed by atoms with Crippen molar-refractivity contribution in [3.8, 4) is 11.5 Å². The van der Waals surface area contributed by atoms with Gasteiger partial charge < -0.3 is 9.42 Å². The number of aromatic nitrogens is 4. The molecule has 0 bridgehead atoms. The van der Waals surface area contributed by atoms with E-state index in [0.29, 0.717) is 36.9 Å². The number of hydrogen-bond donors (Lipinski definition) is 0. The maximum absolute atomic E-state index is 12.3. The number of amides is 1. The van der Waals surface area contributed by atoms with Gasteiger partial charge in [0.2, 0.25) is 17.6 Å². The summed E-state index contributed by atoms with van der Waals surface area (Å²) < 4.78 is 5.32. The summed E-state index contributed by atoms with van der Waals surface area (Å²) in [6.45, 7) is 1.26. The second kappa shape index (κ2) is 7.43. The zero-order valence-corrected chi connectivity index (χ0v) is 14.3. The molecular weight excluding hydrogens is 330 g/mol. The van der Waals surface area contributed by atoms with E-state index in [1.54, 1.807) is 18.6 Å². The quantitative estimate of drug-likeness (QED) is 0.680. The number of carbonyl (C=O) groups excluding carboxylic acids is 1. The Balaban J connectivity index is 1.25. The van der Waals surface area contributed by atoms with E-state index in [2.05, 4.69) is 32.2 Å². The lowest BCUT2D eigenvalue weighted by atomic mass is 9.99. The highest BCUT2D eigenvalue weighted by atomic mass is 16.5. The molecule has 7 heteroatoms. The van der Waals surface area contributed by atoms with E-state index in [4.69, 9.17) is 4.52 Å². The van der Waals surface area contributed by atoms with Crippen molar-refractivity contribution in [1.29, 1.82) is 0 Å². The fourth-order valence-electron chi connectivity index (χ4n) is 3.00. The fraction of sp³-hybridized carbons (Fsp3) is 0.316. The van der Waals surface area contributed by atoms with Crippen molar-refractivity contribution in [3.63, 3.8) is 0 Å². The Labute approximate surface area is 151 Å². The summed E-state index contributed by atoms with van der Waals surface area (Å²) >= 11 is 0. The van der Waals surface area contributed by atoms with Crippen LogP contribution < -0.4 is 0 Å². The molecule has 7 nitrogen and oxygen atoms in total. The molecule has 3 heterocycles. The molecular formula is C19H19N5O2. The third-order valence-corrected chi connectivity index (χ3v) is 4.52. The number of nitrogens with zero attached hydrogens (tertiary/aromatic N) is 5. The van der Waals surface area contributed by atoms with Crippen LogP contribution in [0.3, 0.4) is 0 Å². The van der Waals surface area contributed by atoms with Gasteiger partial charge in [0.25, 0.3) is 0 Å². The normalized spacial score (nSPS) is 14.2. The molecule has 1 aliphatic heterocycles. The van der Waals surface area contributed by atoms with Crippen LogP contribution in [0.2, 0.25) is 0 Å². The number of hydrogen-bond acceptors (Lipinski definition) is 6. The zero-order chi connectivity index (χ0) is 17.8. The van der Waals surface area contributed by atoms with E-state index < -0.39 is 0 Å². The van der Waals surface area contributed by atoms with Crippen molar-refractivity contribution in [1.82, 2.24) is 25.0 Å². The van der Waals surface area contributed by atoms with Crippen LogP contribution >= 0.6 is 0 Å². The summed E-state index contributed by atoms with van der Waals surface area (Å²) in [6.07, 6.45) is 7.13. The number of aryl methyl sites for hydroxylation is 1. The van der Waals surface area contributed by atoms with Gasteiger partial charge in [0.05, 0.1) is 12.1 Å². The van der Waals surface area contributed by atoms with E-state index in [0.717, 1.165) is 12.8 Å². The molecule has 3 aromatic rings. The minimum absolute atomic E-state index is 0.103. The van der Waals surface area contributed by atoms with Crippen LogP contribution in [0.4, 0.5) is 0 Å². The molecule has 0 spiro atoms. The molecule has 1 saturated heterocycles. The maximum atomic E-state index is 12.3. The third-order valence-electron chi connectivity index (χ3n) is 4.52. The summed E-state index contributed by atoms with van der Waals surface area (Å²) in [5.74, 6) is 1.27. The van der Waals surface area contributed by atoms with Gasteiger partial charge in [-0.1, -0.05) is 35.5 Å². The van der Waals surface area contributed by atoms with Crippen molar-refractivity contribution >= 4 is 5.91 Å².